The second-order valence-electron chi connectivity index (χ2n) is 7.99. The summed E-state index contributed by atoms with van der Waals surface area (Å²) in [4.78, 5) is 33.7. The van der Waals surface area contributed by atoms with Crippen LogP contribution >= 0.6 is 11.3 Å². The second-order valence-corrected chi connectivity index (χ2v) is 9.00. The molecule has 8 nitrogen and oxygen atoms in total. The fraction of sp³-hybridized carbons (Fsp3) is 0.320. The van der Waals surface area contributed by atoms with E-state index >= 15 is 0 Å². The van der Waals surface area contributed by atoms with E-state index in [1.165, 1.54) is 11.3 Å². The van der Waals surface area contributed by atoms with Crippen LogP contribution in [0.5, 0.6) is 0 Å². The molecule has 1 fully saturated rings. The molecule has 4 heterocycles. The molecule has 0 unspecified atom stereocenters. The average molecular weight is 480 g/mol. The first-order valence-corrected chi connectivity index (χ1v) is 12.1. The van der Waals surface area contributed by atoms with Gasteiger partial charge in [-0.25, -0.2) is 9.79 Å². The van der Waals surface area contributed by atoms with Gasteiger partial charge < -0.3 is 18.8 Å². The lowest BCUT2D eigenvalue weighted by atomic mass is 9.96. The Morgan fingerprint density at radius 3 is 2.71 bits per heavy atom. The predicted molar refractivity (Wildman–Crippen MR) is 129 cm³/mol. The number of rotatable bonds is 5. The van der Waals surface area contributed by atoms with E-state index in [9.17, 15) is 9.59 Å². The number of anilines is 1. The third-order valence-corrected chi connectivity index (χ3v) is 6.82. The first-order chi connectivity index (χ1) is 16.6. The SMILES string of the molecule is CCOC(=O)C1=C(C)N=c2sc(=Cc3ccc(N4CCOCC4)o3)c(=O)n2[C@@H]1c1ccccc1. The molecule has 0 aliphatic carbocycles. The molecule has 3 aromatic rings. The lowest BCUT2D eigenvalue weighted by Crippen LogP contribution is -2.39. The maximum absolute atomic E-state index is 13.6. The van der Waals surface area contributed by atoms with Crippen molar-refractivity contribution >= 4 is 29.3 Å². The molecule has 1 saturated heterocycles. The molecular formula is C25H25N3O5S. The summed E-state index contributed by atoms with van der Waals surface area (Å²) >= 11 is 1.28. The zero-order valence-electron chi connectivity index (χ0n) is 19.0. The van der Waals surface area contributed by atoms with Crippen LogP contribution in [0.2, 0.25) is 0 Å². The number of thiazole rings is 1. The van der Waals surface area contributed by atoms with Crippen LogP contribution in [0.1, 0.15) is 31.2 Å². The number of carbonyl (C=O) groups is 1. The minimum atomic E-state index is -0.612. The number of benzene rings is 1. The smallest absolute Gasteiger partial charge is 0.338 e. The van der Waals surface area contributed by atoms with Gasteiger partial charge in [-0.15, -0.1) is 0 Å². The standard InChI is InChI=1S/C25H25N3O5S/c1-3-32-24(30)21-16(2)26-25-28(22(21)17-7-5-4-6-8-17)23(29)19(34-25)15-18-9-10-20(33-18)27-11-13-31-14-12-27/h4-10,15,22H,3,11-14H2,1-2H3/t22-/m1/s1. The van der Waals surface area contributed by atoms with Crippen molar-refractivity contribution in [3.05, 3.63) is 84.7 Å². The summed E-state index contributed by atoms with van der Waals surface area (Å²) in [6.45, 7) is 6.64. The van der Waals surface area contributed by atoms with Crippen molar-refractivity contribution in [1.82, 2.24) is 4.57 Å². The van der Waals surface area contributed by atoms with Crippen LogP contribution in [-0.4, -0.2) is 43.4 Å². The summed E-state index contributed by atoms with van der Waals surface area (Å²) in [5, 5.41) is 0. The number of hydrogen-bond acceptors (Lipinski definition) is 8. The minimum absolute atomic E-state index is 0.226. The van der Waals surface area contributed by atoms with Crippen molar-refractivity contribution < 1.29 is 18.7 Å². The van der Waals surface area contributed by atoms with Gasteiger partial charge in [-0.1, -0.05) is 41.7 Å². The molecule has 176 valence electrons. The Labute approximate surface area is 200 Å². The molecule has 2 aromatic heterocycles. The van der Waals surface area contributed by atoms with Gasteiger partial charge in [0.25, 0.3) is 5.56 Å². The van der Waals surface area contributed by atoms with Gasteiger partial charge in [-0.2, -0.15) is 0 Å². The first-order valence-electron chi connectivity index (χ1n) is 11.2. The second kappa shape index (κ2) is 9.44. The molecule has 34 heavy (non-hydrogen) atoms. The normalized spacial score (nSPS) is 18.6. The molecule has 0 amide bonds. The maximum atomic E-state index is 13.6. The van der Waals surface area contributed by atoms with Gasteiger partial charge in [0, 0.05) is 25.2 Å². The Bertz CT molecular complexity index is 1410. The Morgan fingerprint density at radius 1 is 1.21 bits per heavy atom. The highest BCUT2D eigenvalue weighted by Crippen LogP contribution is 2.30. The van der Waals surface area contributed by atoms with Crippen LogP contribution in [0.15, 0.2) is 67.9 Å². The summed E-state index contributed by atoms with van der Waals surface area (Å²) < 4.78 is 18.8. The van der Waals surface area contributed by atoms with Crippen LogP contribution < -0.4 is 19.8 Å². The molecular weight excluding hydrogens is 454 g/mol. The fourth-order valence-corrected chi connectivity index (χ4v) is 5.27. The molecule has 2 aliphatic rings. The third-order valence-electron chi connectivity index (χ3n) is 5.84. The number of esters is 1. The van der Waals surface area contributed by atoms with Crippen molar-refractivity contribution in [2.24, 2.45) is 4.99 Å². The lowest BCUT2D eigenvalue weighted by Gasteiger charge is -2.26. The van der Waals surface area contributed by atoms with Gasteiger partial charge in [-0.3, -0.25) is 9.36 Å². The molecule has 5 rings (SSSR count). The number of fused-ring (bicyclic) bond motifs is 1. The topological polar surface area (TPSA) is 86.3 Å². The number of carbonyl (C=O) groups excluding carboxylic acids is 1. The number of nitrogens with zero attached hydrogens (tertiary/aromatic N) is 3. The van der Waals surface area contributed by atoms with Crippen molar-refractivity contribution in [3.63, 3.8) is 0 Å². The van der Waals surface area contributed by atoms with Crippen molar-refractivity contribution in [2.75, 3.05) is 37.8 Å². The van der Waals surface area contributed by atoms with Crippen LogP contribution in [-0.2, 0) is 14.3 Å². The predicted octanol–water partition coefficient (Wildman–Crippen LogP) is 2.23. The van der Waals surface area contributed by atoms with Crippen LogP contribution in [0.4, 0.5) is 5.88 Å². The fourth-order valence-electron chi connectivity index (χ4n) is 4.24. The number of hydrogen-bond donors (Lipinski definition) is 0. The van der Waals surface area contributed by atoms with E-state index in [-0.39, 0.29) is 12.2 Å². The zero-order chi connectivity index (χ0) is 23.7. The van der Waals surface area contributed by atoms with Gasteiger partial charge >= 0.3 is 5.97 Å². The molecule has 0 bridgehead atoms. The van der Waals surface area contributed by atoms with Crippen molar-refractivity contribution in [1.29, 1.82) is 0 Å². The highest BCUT2D eigenvalue weighted by atomic mass is 32.1. The lowest BCUT2D eigenvalue weighted by molar-refractivity contribution is -0.139. The quantitative estimate of drug-likeness (QED) is 0.522. The van der Waals surface area contributed by atoms with Gasteiger partial charge in [0.2, 0.25) is 0 Å². The van der Waals surface area contributed by atoms with E-state index in [0.29, 0.717) is 39.6 Å². The largest absolute Gasteiger partial charge is 0.463 e. The molecule has 0 spiro atoms. The highest BCUT2D eigenvalue weighted by molar-refractivity contribution is 7.07. The number of morpholine rings is 1. The number of furan rings is 1. The van der Waals surface area contributed by atoms with E-state index in [0.717, 1.165) is 24.5 Å². The van der Waals surface area contributed by atoms with E-state index in [2.05, 4.69) is 9.89 Å². The summed E-state index contributed by atoms with van der Waals surface area (Å²) in [5.74, 6) is 0.877. The van der Waals surface area contributed by atoms with Gasteiger partial charge in [-0.05, 0) is 25.5 Å². The van der Waals surface area contributed by atoms with E-state index in [1.807, 2.05) is 42.5 Å². The third kappa shape index (κ3) is 4.12. The average Bonchev–Trinajstić information content (AvgIpc) is 3.44. The Kier molecular flexibility index (Phi) is 6.21. The minimum Gasteiger partial charge on any atom is -0.463 e. The summed E-state index contributed by atoms with van der Waals surface area (Å²) in [6, 6.07) is 12.6. The highest BCUT2D eigenvalue weighted by Gasteiger charge is 2.33. The molecule has 0 saturated carbocycles. The molecule has 0 radical (unpaired) electrons. The number of allylic oxidation sites excluding steroid dienone is 1. The van der Waals surface area contributed by atoms with Crippen molar-refractivity contribution in [2.45, 2.75) is 19.9 Å². The summed E-state index contributed by atoms with van der Waals surface area (Å²) in [5.41, 5.74) is 1.52. The zero-order valence-corrected chi connectivity index (χ0v) is 19.8. The van der Waals surface area contributed by atoms with Gasteiger partial charge in [0.15, 0.2) is 10.7 Å². The number of ether oxygens (including phenoxy) is 2. The molecule has 9 heteroatoms. The van der Waals surface area contributed by atoms with Crippen molar-refractivity contribution in [3.8, 4) is 0 Å². The first kappa shape index (κ1) is 22.4. The van der Waals surface area contributed by atoms with Crippen LogP contribution in [0.25, 0.3) is 6.08 Å². The van der Waals surface area contributed by atoms with Gasteiger partial charge in [0.1, 0.15) is 5.76 Å². The molecule has 0 N–H and O–H groups in total. The van der Waals surface area contributed by atoms with E-state index < -0.39 is 12.0 Å². The summed E-state index contributed by atoms with van der Waals surface area (Å²) in [6.07, 6.45) is 1.74. The maximum Gasteiger partial charge on any atom is 0.338 e. The van der Waals surface area contributed by atoms with Crippen LogP contribution in [0, 0.1) is 0 Å². The Morgan fingerprint density at radius 2 is 1.97 bits per heavy atom. The van der Waals surface area contributed by atoms with E-state index in [1.54, 1.807) is 24.5 Å². The monoisotopic (exact) mass is 479 g/mol. The number of aromatic nitrogens is 1. The van der Waals surface area contributed by atoms with Gasteiger partial charge in [0.05, 0.1) is 41.7 Å². The molecule has 2 aliphatic heterocycles. The summed E-state index contributed by atoms with van der Waals surface area (Å²) in [7, 11) is 0. The molecule has 1 atom stereocenters. The van der Waals surface area contributed by atoms with E-state index in [4.69, 9.17) is 13.9 Å². The Hall–Kier alpha value is -3.43. The molecule has 1 aromatic carbocycles. The van der Waals surface area contributed by atoms with Crippen LogP contribution in [0.3, 0.4) is 0 Å². The Balaban J connectivity index is 1.60.